The van der Waals surface area contributed by atoms with Crippen molar-refractivity contribution in [1.82, 2.24) is 3.96 Å². The summed E-state index contributed by atoms with van der Waals surface area (Å²) in [6.45, 7) is 5.78. The maximum absolute atomic E-state index is 11.4. The Kier molecular flexibility index (Phi) is 2.57. The molecule has 2 nitrogen and oxygen atoms in total. The van der Waals surface area contributed by atoms with Crippen LogP contribution < -0.4 is 5.56 Å². The molecule has 0 aliphatic rings. The Morgan fingerprint density at radius 2 is 1.83 bits per heavy atom. The van der Waals surface area contributed by atoms with Gasteiger partial charge in [-0.1, -0.05) is 23.2 Å². The first-order chi connectivity index (χ1) is 5.34. The van der Waals surface area contributed by atoms with Crippen LogP contribution in [0.5, 0.6) is 0 Å². The highest BCUT2D eigenvalue weighted by atomic mass is 35.5. The van der Waals surface area contributed by atoms with E-state index < -0.39 is 0 Å². The minimum absolute atomic E-state index is 0.122. The van der Waals surface area contributed by atoms with Gasteiger partial charge in [0, 0.05) is 0 Å². The van der Waals surface area contributed by atoms with Gasteiger partial charge in [-0.2, -0.15) is 0 Å². The van der Waals surface area contributed by atoms with Gasteiger partial charge in [-0.15, -0.1) is 0 Å². The monoisotopic (exact) mass is 225 g/mol. The molecule has 0 fully saturated rings. The van der Waals surface area contributed by atoms with Crippen LogP contribution >= 0.6 is 34.7 Å². The van der Waals surface area contributed by atoms with Crippen molar-refractivity contribution < 1.29 is 0 Å². The highest BCUT2D eigenvalue weighted by Gasteiger charge is 2.20. The normalized spacial score (nSPS) is 12.1. The predicted molar refractivity (Wildman–Crippen MR) is 53.6 cm³/mol. The van der Waals surface area contributed by atoms with Crippen LogP contribution in [0.15, 0.2) is 4.79 Å². The van der Waals surface area contributed by atoms with Crippen molar-refractivity contribution in [3.63, 3.8) is 0 Å². The second-order valence-electron chi connectivity index (χ2n) is 3.45. The van der Waals surface area contributed by atoms with Crippen LogP contribution in [0.25, 0.3) is 0 Å². The average Bonchev–Trinajstić information content (AvgIpc) is 2.15. The lowest BCUT2D eigenvalue weighted by atomic mass is 10.1. The predicted octanol–water partition coefficient (Wildman–Crippen LogP) is 2.97. The van der Waals surface area contributed by atoms with Gasteiger partial charge in [0.1, 0.15) is 9.36 Å². The Hall–Kier alpha value is 0.01000. The minimum Gasteiger partial charge on any atom is -0.267 e. The van der Waals surface area contributed by atoms with E-state index in [2.05, 4.69) is 0 Å². The number of aromatic nitrogens is 1. The number of hydrogen-bond acceptors (Lipinski definition) is 2. The Morgan fingerprint density at radius 1 is 1.33 bits per heavy atom. The Bertz CT molecular complexity index is 347. The van der Waals surface area contributed by atoms with E-state index in [1.165, 1.54) is 11.5 Å². The lowest BCUT2D eigenvalue weighted by Gasteiger charge is -2.17. The van der Waals surface area contributed by atoms with E-state index in [-0.39, 0.29) is 16.1 Å². The van der Waals surface area contributed by atoms with Gasteiger partial charge in [0.15, 0.2) is 0 Å². The highest BCUT2D eigenvalue weighted by molar-refractivity contribution is 7.12. The molecule has 0 aromatic carbocycles. The summed E-state index contributed by atoms with van der Waals surface area (Å²) in [5.74, 6) is 0. The second kappa shape index (κ2) is 3.05. The second-order valence-corrected chi connectivity index (χ2v) is 5.39. The molecule has 68 valence electrons. The minimum atomic E-state index is -0.251. The van der Waals surface area contributed by atoms with Crippen molar-refractivity contribution in [2.24, 2.45) is 0 Å². The molecular formula is C7H9Cl2NOS. The van der Waals surface area contributed by atoms with Gasteiger partial charge in [-0.05, 0) is 32.3 Å². The maximum Gasteiger partial charge on any atom is 0.281 e. The molecule has 0 spiro atoms. The van der Waals surface area contributed by atoms with E-state index in [0.29, 0.717) is 4.34 Å². The van der Waals surface area contributed by atoms with Crippen molar-refractivity contribution in [3.05, 3.63) is 19.7 Å². The summed E-state index contributed by atoms with van der Waals surface area (Å²) in [6.07, 6.45) is 0. The number of halogens is 2. The summed E-state index contributed by atoms with van der Waals surface area (Å²) in [6, 6.07) is 0. The van der Waals surface area contributed by atoms with Crippen molar-refractivity contribution in [1.29, 1.82) is 0 Å². The third-order valence-electron chi connectivity index (χ3n) is 1.33. The zero-order valence-electron chi connectivity index (χ0n) is 7.02. The molecule has 0 radical (unpaired) electrons. The lowest BCUT2D eigenvalue weighted by molar-refractivity contribution is 0.419. The van der Waals surface area contributed by atoms with Crippen molar-refractivity contribution in [3.8, 4) is 0 Å². The van der Waals surface area contributed by atoms with Gasteiger partial charge >= 0.3 is 0 Å². The molecule has 0 unspecified atom stereocenters. The highest BCUT2D eigenvalue weighted by Crippen LogP contribution is 2.27. The zero-order valence-corrected chi connectivity index (χ0v) is 9.35. The average molecular weight is 226 g/mol. The summed E-state index contributed by atoms with van der Waals surface area (Å²) in [4.78, 5) is 11.4. The van der Waals surface area contributed by atoms with Crippen LogP contribution in [0.1, 0.15) is 20.8 Å². The molecule has 12 heavy (non-hydrogen) atoms. The quantitative estimate of drug-likeness (QED) is 0.666. The molecule has 5 heteroatoms. The van der Waals surface area contributed by atoms with Gasteiger partial charge in [-0.3, -0.25) is 8.75 Å². The van der Waals surface area contributed by atoms with Gasteiger partial charge < -0.3 is 0 Å². The Labute approximate surface area is 84.9 Å². The fraction of sp³-hybridized carbons (Fsp3) is 0.571. The molecule has 0 atom stereocenters. The van der Waals surface area contributed by atoms with E-state index in [9.17, 15) is 4.79 Å². The lowest BCUT2D eigenvalue weighted by Crippen LogP contribution is -2.29. The van der Waals surface area contributed by atoms with Crippen LogP contribution in [0.4, 0.5) is 0 Å². The van der Waals surface area contributed by atoms with Crippen molar-refractivity contribution in [2.75, 3.05) is 0 Å². The SMILES string of the molecule is CC(C)(C)n1sc(Cl)c(Cl)c1=O. The van der Waals surface area contributed by atoms with E-state index in [0.717, 1.165) is 0 Å². The van der Waals surface area contributed by atoms with Crippen LogP contribution in [0.2, 0.25) is 9.36 Å². The largest absolute Gasteiger partial charge is 0.281 e. The topological polar surface area (TPSA) is 22.0 Å². The maximum atomic E-state index is 11.4. The molecule has 0 aliphatic heterocycles. The fourth-order valence-corrected chi connectivity index (χ4v) is 2.08. The van der Waals surface area contributed by atoms with E-state index >= 15 is 0 Å². The number of rotatable bonds is 0. The molecule has 0 N–H and O–H groups in total. The van der Waals surface area contributed by atoms with Crippen LogP contribution in [0, 0.1) is 0 Å². The van der Waals surface area contributed by atoms with Gasteiger partial charge in [0.2, 0.25) is 0 Å². The standard InChI is InChI=1S/C7H9Cl2NOS/c1-7(2,3)10-6(11)4(8)5(9)12-10/h1-3H3. The van der Waals surface area contributed by atoms with Gasteiger partial charge in [-0.25, -0.2) is 0 Å². The molecule has 0 bridgehead atoms. The molecule has 1 rings (SSSR count). The Morgan fingerprint density at radius 3 is 2.00 bits per heavy atom. The molecule has 1 aromatic heterocycles. The van der Waals surface area contributed by atoms with Crippen LogP contribution in [-0.2, 0) is 5.54 Å². The van der Waals surface area contributed by atoms with Crippen LogP contribution in [0.3, 0.4) is 0 Å². The first-order valence-electron chi connectivity index (χ1n) is 3.42. The third-order valence-corrected chi connectivity index (χ3v) is 3.54. The Balaban J connectivity index is 3.38. The summed E-state index contributed by atoms with van der Waals surface area (Å²) >= 11 is 12.5. The number of hydrogen-bond donors (Lipinski definition) is 0. The zero-order chi connectivity index (χ0) is 9.52. The molecular weight excluding hydrogens is 217 g/mol. The molecule has 0 saturated carbocycles. The summed E-state index contributed by atoms with van der Waals surface area (Å²) in [5, 5.41) is 0.122. The third kappa shape index (κ3) is 1.68. The van der Waals surface area contributed by atoms with Gasteiger partial charge in [0.25, 0.3) is 5.56 Å². The van der Waals surface area contributed by atoms with Crippen molar-refractivity contribution >= 4 is 34.7 Å². The molecule has 1 aromatic rings. The molecule has 1 heterocycles. The smallest absolute Gasteiger partial charge is 0.267 e. The van der Waals surface area contributed by atoms with E-state index in [1.807, 2.05) is 20.8 Å². The molecule has 0 aliphatic carbocycles. The summed E-state index contributed by atoms with van der Waals surface area (Å²) in [7, 11) is 0. The molecule has 0 saturated heterocycles. The fourth-order valence-electron chi connectivity index (χ4n) is 0.776. The molecule has 0 amide bonds. The summed E-state index contributed by atoms with van der Waals surface area (Å²) < 4.78 is 1.93. The first kappa shape index (κ1) is 10.1. The van der Waals surface area contributed by atoms with E-state index in [4.69, 9.17) is 23.2 Å². The van der Waals surface area contributed by atoms with Gasteiger partial charge in [0.05, 0.1) is 5.54 Å². The first-order valence-corrected chi connectivity index (χ1v) is 4.95. The van der Waals surface area contributed by atoms with Crippen molar-refractivity contribution in [2.45, 2.75) is 26.3 Å². The van der Waals surface area contributed by atoms with E-state index in [1.54, 1.807) is 3.96 Å². The number of nitrogens with zero attached hydrogens (tertiary/aromatic N) is 1. The summed E-state index contributed by atoms with van der Waals surface area (Å²) in [5.41, 5.74) is -0.461. The van der Waals surface area contributed by atoms with Crippen LogP contribution in [-0.4, -0.2) is 3.96 Å².